The topological polar surface area (TPSA) is 46.5 Å². The van der Waals surface area contributed by atoms with Crippen LogP contribution in [0, 0.1) is 5.41 Å². The molecule has 1 aromatic carbocycles. The summed E-state index contributed by atoms with van der Waals surface area (Å²) in [6, 6.07) is 7.60. The Balaban J connectivity index is 2.89. The van der Waals surface area contributed by atoms with Gasteiger partial charge in [-0.05, 0) is 37.5 Å². The van der Waals surface area contributed by atoms with Crippen LogP contribution in [0.2, 0.25) is 0 Å². The lowest BCUT2D eigenvalue weighted by atomic mass is 9.80. The Hall–Kier alpha value is -1.51. The van der Waals surface area contributed by atoms with E-state index in [2.05, 4.69) is 0 Å². The van der Waals surface area contributed by atoms with E-state index in [-0.39, 0.29) is 0 Å². The van der Waals surface area contributed by atoms with Crippen molar-refractivity contribution in [1.29, 1.82) is 0 Å². The number of aliphatic carboxylic acids is 1. The zero-order valence-corrected chi connectivity index (χ0v) is 10.7. The lowest BCUT2D eigenvalue weighted by molar-refractivity contribution is -0.148. The maximum Gasteiger partial charge on any atom is 0.309 e. The van der Waals surface area contributed by atoms with Gasteiger partial charge in [-0.25, -0.2) is 0 Å². The second kappa shape index (κ2) is 5.71. The molecule has 1 N–H and O–H groups in total. The highest BCUT2D eigenvalue weighted by molar-refractivity contribution is 5.74. The monoisotopic (exact) mass is 236 g/mol. The normalized spacial score (nSPS) is 14.1. The van der Waals surface area contributed by atoms with Crippen LogP contribution in [-0.2, 0) is 11.2 Å². The summed E-state index contributed by atoms with van der Waals surface area (Å²) in [5.41, 5.74) is 0.309. The number of carbonyl (C=O) groups is 1. The minimum absolute atomic E-state index is 0.535. The largest absolute Gasteiger partial charge is 0.497 e. The third kappa shape index (κ3) is 3.48. The predicted octanol–water partition coefficient (Wildman–Crippen LogP) is 3.13. The van der Waals surface area contributed by atoms with Crippen molar-refractivity contribution < 1.29 is 14.6 Å². The van der Waals surface area contributed by atoms with Crippen molar-refractivity contribution in [3.63, 3.8) is 0 Å². The zero-order valence-electron chi connectivity index (χ0n) is 10.7. The molecule has 0 aliphatic carbocycles. The first-order valence-corrected chi connectivity index (χ1v) is 5.88. The van der Waals surface area contributed by atoms with Gasteiger partial charge in [-0.3, -0.25) is 4.79 Å². The number of rotatable bonds is 6. The van der Waals surface area contributed by atoms with E-state index in [1.807, 2.05) is 31.2 Å². The Morgan fingerprint density at radius 1 is 1.47 bits per heavy atom. The van der Waals surface area contributed by atoms with Crippen LogP contribution < -0.4 is 4.74 Å². The zero-order chi connectivity index (χ0) is 12.9. The van der Waals surface area contributed by atoms with Crippen molar-refractivity contribution in [3.8, 4) is 5.75 Å². The maximum absolute atomic E-state index is 11.3. The van der Waals surface area contributed by atoms with Gasteiger partial charge in [0.1, 0.15) is 5.75 Å². The molecule has 0 aromatic heterocycles. The first-order chi connectivity index (χ1) is 8.01. The molecule has 0 amide bonds. The molecular formula is C14H20O3. The van der Waals surface area contributed by atoms with E-state index in [1.54, 1.807) is 14.0 Å². The summed E-state index contributed by atoms with van der Waals surface area (Å²) in [6.45, 7) is 3.81. The smallest absolute Gasteiger partial charge is 0.309 e. The number of hydrogen-bond donors (Lipinski definition) is 1. The van der Waals surface area contributed by atoms with Crippen LogP contribution in [0.5, 0.6) is 5.75 Å². The predicted molar refractivity (Wildman–Crippen MR) is 67.3 cm³/mol. The van der Waals surface area contributed by atoms with Crippen LogP contribution in [0.4, 0.5) is 0 Å². The highest BCUT2D eigenvalue weighted by atomic mass is 16.5. The average Bonchev–Trinajstić information content (AvgIpc) is 2.29. The van der Waals surface area contributed by atoms with Crippen LogP contribution in [0.15, 0.2) is 24.3 Å². The second-order valence-corrected chi connectivity index (χ2v) is 4.64. The van der Waals surface area contributed by atoms with E-state index < -0.39 is 11.4 Å². The fraction of sp³-hybridized carbons (Fsp3) is 0.500. The van der Waals surface area contributed by atoms with Gasteiger partial charge in [0.15, 0.2) is 0 Å². The minimum atomic E-state index is -0.734. The number of ether oxygens (including phenoxy) is 1. The third-order valence-electron chi connectivity index (χ3n) is 3.05. The molecule has 1 atom stereocenters. The molecule has 0 aliphatic heterocycles. The first-order valence-electron chi connectivity index (χ1n) is 5.88. The van der Waals surface area contributed by atoms with Gasteiger partial charge in [0.05, 0.1) is 12.5 Å². The SMILES string of the molecule is CCCC(C)(Cc1cccc(OC)c1)C(=O)O. The van der Waals surface area contributed by atoms with Crippen molar-refractivity contribution >= 4 is 5.97 Å². The number of methoxy groups -OCH3 is 1. The molecule has 1 rings (SSSR count). The van der Waals surface area contributed by atoms with Gasteiger partial charge < -0.3 is 9.84 Å². The fourth-order valence-corrected chi connectivity index (χ4v) is 2.06. The summed E-state index contributed by atoms with van der Waals surface area (Å²) in [5.74, 6) is 0.0360. The fourth-order valence-electron chi connectivity index (χ4n) is 2.06. The van der Waals surface area contributed by atoms with Crippen LogP contribution in [-0.4, -0.2) is 18.2 Å². The molecule has 3 heteroatoms. The molecule has 0 saturated heterocycles. The molecule has 94 valence electrons. The molecule has 1 unspecified atom stereocenters. The minimum Gasteiger partial charge on any atom is -0.497 e. The number of carboxylic acid groups (broad SMARTS) is 1. The molecule has 3 nitrogen and oxygen atoms in total. The standard InChI is InChI=1S/C14H20O3/c1-4-8-14(2,13(15)16)10-11-6-5-7-12(9-11)17-3/h5-7,9H,4,8,10H2,1-3H3,(H,15,16). The quantitative estimate of drug-likeness (QED) is 0.825. The molecule has 0 heterocycles. The van der Waals surface area contributed by atoms with Gasteiger partial charge in [-0.2, -0.15) is 0 Å². The summed E-state index contributed by atoms with van der Waals surface area (Å²) >= 11 is 0. The van der Waals surface area contributed by atoms with Crippen LogP contribution in [0.3, 0.4) is 0 Å². The molecule has 0 spiro atoms. The molecule has 0 bridgehead atoms. The first kappa shape index (κ1) is 13.6. The van der Waals surface area contributed by atoms with Crippen LogP contribution in [0.25, 0.3) is 0 Å². The molecule has 0 radical (unpaired) electrons. The lowest BCUT2D eigenvalue weighted by Gasteiger charge is -2.24. The van der Waals surface area contributed by atoms with Crippen molar-refractivity contribution in [2.45, 2.75) is 33.1 Å². The van der Waals surface area contributed by atoms with Crippen LogP contribution >= 0.6 is 0 Å². The number of hydrogen-bond acceptors (Lipinski definition) is 2. The van der Waals surface area contributed by atoms with Crippen molar-refractivity contribution in [2.75, 3.05) is 7.11 Å². The van der Waals surface area contributed by atoms with E-state index in [9.17, 15) is 9.90 Å². The molecule has 0 aliphatic rings. The molecule has 0 saturated carbocycles. The Morgan fingerprint density at radius 3 is 2.71 bits per heavy atom. The van der Waals surface area contributed by atoms with Gasteiger partial charge in [-0.15, -0.1) is 0 Å². The second-order valence-electron chi connectivity index (χ2n) is 4.64. The summed E-state index contributed by atoms with van der Waals surface area (Å²) in [7, 11) is 1.61. The molecular weight excluding hydrogens is 216 g/mol. The summed E-state index contributed by atoms with van der Waals surface area (Å²) < 4.78 is 5.14. The summed E-state index contributed by atoms with van der Waals surface area (Å²) in [4.78, 5) is 11.3. The third-order valence-corrected chi connectivity index (χ3v) is 3.05. The summed E-state index contributed by atoms with van der Waals surface area (Å²) in [5, 5.41) is 9.32. The Bertz CT molecular complexity index is 387. The van der Waals surface area contributed by atoms with Crippen LogP contribution in [0.1, 0.15) is 32.3 Å². The molecule has 1 aromatic rings. The van der Waals surface area contributed by atoms with Gasteiger partial charge in [0.2, 0.25) is 0 Å². The van der Waals surface area contributed by atoms with E-state index in [0.29, 0.717) is 12.8 Å². The van der Waals surface area contributed by atoms with E-state index in [0.717, 1.165) is 17.7 Å². The maximum atomic E-state index is 11.3. The Labute approximate surface area is 102 Å². The highest BCUT2D eigenvalue weighted by Gasteiger charge is 2.32. The number of benzene rings is 1. The van der Waals surface area contributed by atoms with Gasteiger partial charge in [-0.1, -0.05) is 25.5 Å². The van der Waals surface area contributed by atoms with E-state index in [1.165, 1.54) is 0 Å². The van der Waals surface area contributed by atoms with Gasteiger partial charge in [0, 0.05) is 0 Å². The Kier molecular flexibility index (Phi) is 4.55. The lowest BCUT2D eigenvalue weighted by Crippen LogP contribution is -2.29. The molecule has 17 heavy (non-hydrogen) atoms. The van der Waals surface area contributed by atoms with E-state index in [4.69, 9.17) is 4.74 Å². The molecule has 0 fully saturated rings. The summed E-state index contributed by atoms with van der Waals surface area (Å²) in [6.07, 6.45) is 2.08. The average molecular weight is 236 g/mol. The van der Waals surface area contributed by atoms with Gasteiger partial charge in [0.25, 0.3) is 0 Å². The van der Waals surface area contributed by atoms with Crippen molar-refractivity contribution in [2.24, 2.45) is 5.41 Å². The highest BCUT2D eigenvalue weighted by Crippen LogP contribution is 2.29. The Morgan fingerprint density at radius 2 is 2.18 bits per heavy atom. The van der Waals surface area contributed by atoms with Crippen molar-refractivity contribution in [1.82, 2.24) is 0 Å². The van der Waals surface area contributed by atoms with Crippen molar-refractivity contribution in [3.05, 3.63) is 29.8 Å². The number of carboxylic acids is 1. The van der Waals surface area contributed by atoms with E-state index >= 15 is 0 Å². The van der Waals surface area contributed by atoms with Gasteiger partial charge >= 0.3 is 5.97 Å².